The van der Waals surface area contributed by atoms with Gasteiger partial charge in [0.25, 0.3) is 0 Å². The normalized spacial score (nSPS) is 46.1. The molecule has 1 unspecified atom stereocenters. The highest BCUT2D eigenvalue weighted by molar-refractivity contribution is 6.56. The maximum atomic E-state index is 5.57. The minimum atomic E-state index is -0.632. The molecule has 1 aliphatic carbocycles. The molecule has 0 nitrogen and oxygen atoms in total. The number of hydrogen-bond acceptors (Lipinski definition) is 0. The van der Waals surface area contributed by atoms with Crippen molar-refractivity contribution in [2.45, 2.75) is 23.0 Å². The van der Waals surface area contributed by atoms with Gasteiger partial charge < -0.3 is 0 Å². The second-order valence-electron chi connectivity index (χ2n) is 2.30. The van der Waals surface area contributed by atoms with E-state index in [2.05, 4.69) is 0 Å². The summed E-state index contributed by atoms with van der Waals surface area (Å²) in [5.74, 6) is 0. The van der Waals surface area contributed by atoms with Crippen molar-refractivity contribution < 1.29 is 0 Å². The van der Waals surface area contributed by atoms with E-state index in [4.69, 9.17) is 31.0 Å². The quantitative estimate of drug-likeness (QED) is 0.351. The Balaban J connectivity index is 2.59. The maximum absolute atomic E-state index is 5.57. The van der Waals surface area contributed by atoms with Crippen molar-refractivity contribution in [3.05, 3.63) is 0 Å². The van der Waals surface area contributed by atoms with Crippen LogP contribution in [0.2, 0.25) is 5.31 Å². The zero-order valence-electron chi connectivity index (χ0n) is 4.04. The third kappa shape index (κ3) is 0.770. The van der Waals surface area contributed by atoms with Gasteiger partial charge in [-0.05, 0) is 11.7 Å². The molecule has 0 aromatic carbocycles. The van der Waals surface area contributed by atoms with Crippen LogP contribution in [0.4, 0.5) is 0 Å². The topological polar surface area (TPSA) is 0 Å². The van der Waals surface area contributed by atoms with Crippen molar-refractivity contribution in [2.75, 3.05) is 0 Å². The first-order valence-electron chi connectivity index (χ1n) is 2.12. The zero-order valence-corrected chi connectivity index (χ0v) is 5.55. The number of alkyl halides is 2. The molecule has 0 amide bonds. The largest absolute Gasteiger partial charge is 0.115 e. The Labute approximate surface area is 54.6 Å². The highest BCUT2D eigenvalue weighted by Crippen LogP contribution is 2.67. The van der Waals surface area contributed by atoms with Crippen LogP contribution >= 0.6 is 23.2 Å². The van der Waals surface area contributed by atoms with Crippen molar-refractivity contribution in [1.82, 2.24) is 0 Å². The lowest BCUT2D eigenvalue weighted by molar-refractivity contribution is 0.991. The molecule has 3 heteroatoms. The molecule has 0 bridgehead atoms. The van der Waals surface area contributed by atoms with Gasteiger partial charge in [0.1, 0.15) is 4.33 Å². The fraction of sp³-hybridized carbons (Fsp3) is 1.00. The third-order valence-electron chi connectivity index (χ3n) is 1.30. The predicted molar refractivity (Wildman–Crippen MR) is 33.2 cm³/mol. The standard InChI is InChI=1S/C4H5BCl2/c1-3(5)2-4(3,6)7/h2H2,1H3. The van der Waals surface area contributed by atoms with Crippen LogP contribution in [0, 0.1) is 0 Å². The van der Waals surface area contributed by atoms with E-state index in [9.17, 15) is 0 Å². The molecule has 1 saturated carbocycles. The molecule has 0 N–H and O–H groups in total. The molecule has 0 heterocycles. The van der Waals surface area contributed by atoms with Gasteiger partial charge in [-0.2, -0.15) is 0 Å². The van der Waals surface area contributed by atoms with Crippen molar-refractivity contribution in [3.8, 4) is 0 Å². The van der Waals surface area contributed by atoms with E-state index in [-0.39, 0.29) is 5.31 Å². The molecule has 1 atom stereocenters. The summed E-state index contributed by atoms with van der Waals surface area (Å²) in [7, 11) is 5.48. The second-order valence-corrected chi connectivity index (χ2v) is 3.78. The first kappa shape index (κ1) is 5.78. The van der Waals surface area contributed by atoms with Crippen LogP contribution < -0.4 is 0 Å². The molecule has 7 heavy (non-hydrogen) atoms. The Bertz CT molecular complexity index is 85.9. The average molecular weight is 135 g/mol. The van der Waals surface area contributed by atoms with Gasteiger partial charge >= 0.3 is 0 Å². The van der Waals surface area contributed by atoms with E-state index in [0.717, 1.165) is 0 Å². The van der Waals surface area contributed by atoms with Crippen LogP contribution in [-0.2, 0) is 0 Å². The summed E-state index contributed by atoms with van der Waals surface area (Å²) >= 11 is 11.1. The molecule has 0 aromatic rings. The smallest absolute Gasteiger partial charge is 0.102 e. The molecule has 0 aromatic heterocycles. The fourth-order valence-corrected chi connectivity index (χ4v) is 0.972. The molecular weight excluding hydrogens is 130 g/mol. The Morgan fingerprint density at radius 2 is 1.71 bits per heavy atom. The molecule has 0 aliphatic heterocycles. The molecule has 0 saturated heterocycles. The lowest BCUT2D eigenvalue weighted by atomic mass is 9.86. The highest BCUT2D eigenvalue weighted by Gasteiger charge is 2.58. The fourth-order valence-electron chi connectivity index (χ4n) is 0.417. The summed E-state index contributed by atoms with van der Waals surface area (Å²) in [5.41, 5.74) is 0. The zero-order chi connectivity index (χ0) is 5.71. The van der Waals surface area contributed by atoms with Crippen LogP contribution in [0.15, 0.2) is 0 Å². The average Bonchev–Trinajstić information content (AvgIpc) is 1.63. The van der Waals surface area contributed by atoms with Gasteiger partial charge in [0.15, 0.2) is 0 Å². The number of rotatable bonds is 0. The van der Waals surface area contributed by atoms with Gasteiger partial charge in [-0.15, -0.1) is 23.2 Å². The van der Waals surface area contributed by atoms with E-state index in [1.807, 2.05) is 6.92 Å². The molecule has 1 rings (SSSR count). The molecule has 38 valence electrons. The van der Waals surface area contributed by atoms with E-state index in [1.54, 1.807) is 0 Å². The SMILES string of the molecule is [B]C1(C)CC1(Cl)Cl. The summed E-state index contributed by atoms with van der Waals surface area (Å²) < 4.78 is -0.632. The maximum Gasteiger partial charge on any atom is 0.115 e. The molecule has 2 radical (unpaired) electrons. The first-order valence-corrected chi connectivity index (χ1v) is 2.88. The van der Waals surface area contributed by atoms with E-state index in [0.29, 0.717) is 6.42 Å². The van der Waals surface area contributed by atoms with Crippen LogP contribution in [0.25, 0.3) is 0 Å². The van der Waals surface area contributed by atoms with Gasteiger partial charge in [0.05, 0.1) is 7.85 Å². The van der Waals surface area contributed by atoms with E-state index in [1.165, 1.54) is 0 Å². The summed E-state index contributed by atoms with van der Waals surface area (Å²) in [6.45, 7) is 1.84. The lowest BCUT2D eigenvalue weighted by Gasteiger charge is -1.99. The van der Waals surface area contributed by atoms with Crippen molar-refractivity contribution in [2.24, 2.45) is 0 Å². The summed E-state index contributed by atoms with van der Waals surface area (Å²) in [4.78, 5) is 0. The predicted octanol–water partition coefficient (Wildman–Crippen LogP) is 1.91. The van der Waals surface area contributed by atoms with E-state index < -0.39 is 4.33 Å². The summed E-state index contributed by atoms with van der Waals surface area (Å²) in [5, 5.41) is -0.323. The van der Waals surface area contributed by atoms with Gasteiger partial charge in [0.2, 0.25) is 0 Å². The van der Waals surface area contributed by atoms with Crippen LogP contribution in [-0.4, -0.2) is 12.2 Å². The third-order valence-corrected chi connectivity index (χ3v) is 2.43. The van der Waals surface area contributed by atoms with Crippen LogP contribution in [0.1, 0.15) is 13.3 Å². The molecule has 0 spiro atoms. The lowest BCUT2D eigenvalue weighted by Crippen LogP contribution is -1.94. The highest BCUT2D eigenvalue weighted by atomic mass is 35.5. The molecular formula is C4H5BCl2. The minimum absolute atomic E-state index is 0.323. The summed E-state index contributed by atoms with van der Waals surface area (Å²) in [6, 6.07) is 0. The van der Waals surface area contributed by atoms with Gasteiger partial charge in [-0.1, -0.05) is 6.92 Å². The second kappa shape index (κ2) is 1.14. The van der Waals surface area contributed by atoms with Crippen molar-refractivity contribution in [3.63, 3.8) is 0 Å². The van der Waals surface area contributed by atoms with Crippen LogP contribution in [0.5, 0.6) is 0 Å². The Kier molecular flexibility index (Phi) is 0.938. The van der Waals surface area contributed by atoms with Crippen LogP contribution in [0.3, 0.4) is 0 Å². The van der Waals surface area contributed by atoms with Gasteiger partial charge in [0, 0.05) is 0 Å². The van der Waals surface area contributed by atoms with Gasteiger partial charge in [-0.3, -0.25) is 0 Å². The monoisotopic (exact) mass is 134 g/mol. The Morgan fingerprint density at radius 1 is 1.57 bits per heavy atom. The molecule has 1 aliphatic rings. The Morgan fingerprint density at radius 3 is 1.71 bits per heavy atom. The summed E-state index contributed by atoms with van der Waals surface area (Å²) in [6.07, 6.45) is 0.711. The number of hydrogen-bond donors (Lipinski definition) is 0. The van der Waals surface area contributed by atoms with Crippen molar-refractivity contribution in [1.29, 1.82) is 0 Å². The molecule has 1 fully saturated rings. The first-order chi connectivity index (χ1) is 2.96. The number of halogens is 2. The van der Waals surface area contributed by atoms with E-state index >= 15 is 0 Å². The minimum Gasteiger partial charge on any atom is -0.102 e. The van der Waals surface area contributed by atoms with Crippen molar-refractivity contribution >= 4 is 31.0 Å². The van der Waals surface area contributed by atoms with Gasteiger partial charge in [-0.25, -0.2) is 0 Å². The Hall–Kier alpha value is 0.645.